The zero-order valence-electron chi connectivity index (χ0n) is 11.1. The highest BCUT2D eigenvalue weighted by molar-refractivity contribution is 5.82. The summed E-state index contributed by atoms with van der Waals surface area (Å²) in [6.45, 7) is 2.09. The first-order valence-electron chi connectivity index (χ1n) is 6.81. The van der Waals surface area contributed by atoms with Gasteiger partial charge in [0, 0.05) is 6.54 Å². The summed E-state index contributed by atoms with van der Waals surface area (Å²) in [5.74, 6) is 1.69. The van der Waals surface area contributed by atoms with E-state index in [2.05, 4.69) is 47.0 Å². The Morgan fingerprint density at radius 2 is 1.55 bits per heavy atom. The number of rotatable bonds is 2. The van der Waals surface area contributed by atoms with E-state index in [-0.39, 0.29) is 0 Å². The minimum atomic E-state index is 0.632. The molecule has 1 aliphatic heterocycles. The predicted octanol–water partition coefficient (Wildman–Crippen LogP) is 3.46. The second-order valence-electron chi connectivity index (χ2n) is 5.04. The van der Waals surface area contributed by atoms with E-state index in [4.69, 9.17) is 9.47 Å². The van der Waals surface area contributed by atoms with Gasteiger partial charge in [-0.25, -0.2) is 0 Å². The van der Waals surface area contributed by atoms with Crippen LogP contribution in [0.5, 0.6) is 11.5 Å². The van der Waals surface area contributed by atoms with Gasteiger partial charge >= 0.3 is 0 Å². The van der Waals surface area contributed by atoms with Crippen LogP contribution in [0.1, 0.15) is 5.56 Å². The zero-order valence-corrected chi connectivity index (χ0v) is 11.1. The van der Waals surface area contributed by atoms with Crippen LogP contribution in [0.3, 0.4) is 0 Å². The Morgan fingerprint density at radius 1 is 0.850 bits per heavy atom. The molecule has 1 aliphatic rings. The first-order valence-corrected chi connectivity index (χ1v) is 6.81. The Hall–Kier alpha value is -2.42. The minimum Gasteiger partial charge on any atom is -0.485 e. The quantitative estimate of drug-likeness (QED) is 0.708. The van der Waals surface area contributed by atoms with E-state index in [1.54, 1.807) is 0 Å². The lowest BCUT2D eigenvalue weighted by Gasteiger charge is -2.13. The molecule has 0 saturated heterocycles. The molecule has 0 saturated carbocycles. The van der Waals surface area contributed by atoms with Gasteiger partial charge in [-0.3, -0.25) is 0 Å². The van der Waals surface area contributed by atoms with Crippen LogP contribution in [0.25, 0.3) is 10.8 Å². The van der Waals surface area contributed by atoms with Crippen LogP contribution in [0.2, 0.25) is 0 Å². The first kappa shape index (κ1) is 11.4. The Bertz CT molecular complexity index is 737. The predicted molar refractivity (Wildman–Crippen MR) is 78.5 cm³/mol. The Morgan fingerprint density at radius 3 is 2.30 bits per heavy atom. The molecule has 3 heteroatoms. The lowest BCUT2D eigenvalue weighted by molar-refractivity contribution is 0.173. The third-order valence-electron chi connectivity index (χ3n) is 3.59. The normalized spacial score (nSPS) is 13.6. The molecule has 0 amide bonds. The number of hydrogen-bond donors (Lipinski definition) is 0. The monoisotopic (exact) mass is 265 g/mol. The molecule has 2 heterocycles. The van der Waals surface area contributed by atoms with E-state index < -0.39 is 0 Å². The molecule has 0 N–H and O–H groups in total. The fraction of sp³-hybridized carbons (Fsp3) is 0.176. The maximum absolute atomic E-state index is 5.57. The van der Waals surface area contributed by atoms with Crippen LogP contribution in [0.15, 0.2) is 54.9 Å². The summed E-state index contributed by atoms with van der Waals surface area (Å²) in [5, 5.41) is 2.55. The SMILES string of the molecule is c1ccc2cc(Cn3cc4c(c3)OCCO4)ccc2c1. The van der Waals surface area contributed by atoms with Crippen LogP contribution in [-0.4, -0.2) is 17.8 Å². The van der Waals surface area contributed by atoms with Crippen molar-refractivity contribution < 1.29 is 9.47 Å². The van der Waals surface area contributed by atoms with E-state index in [0.717, 1.165) is 18.0 Å². The Balaban J connectivity index is 1.65. The number of nitrogens with zero attached hydrogens (tertiary/aromatic N) is 1. The van der Waals surface area contributed by atoms with Crippen LogP contribution in [0, 0.1) is 0 Å². The van der Waals surface area contributed by atoms with E-state index in [1.807, 2.05) is 12.4 Å². The summed E-state index contributed by atoms with van der Waals surface area (Å²) in [4.78, 5) is 0. The summed E-state index contributed by atoms with van der Waals surface area (Å²) in [6, 6.07) is 15.0. The highest BCUT2D eigenvalue weighted by atomic mass is 16.6. The van der Waals surface area contributed by atoms with Crippen molar-refractivity contribution in [1.82, 2.24) is 4.57 Å². The molecule has 1 aromatic heterocycles. The molecular weight excluding hydrogens is 250 g/mol. The standard InChI is InChI=1S/C17H15NO2/c1-2-4-15-9-13(5-6-14(15)3-1)10-18-11-16-17(12-18)20-8-7-19-16/h1-6,9,11-12H,7-8,10H2. The van der Waals surface area contributed by atoms with Crippen LogP contribution in [0.4, 0.5) is 0 Å². The van der Waals surface area contributed by atoms with Gasteiger partial charge in [0.05, 0.1) is 12.4 Å². The van der Waals surface area contributed by atoms with Gasteiger partial charge < -0.3 is 14.0 Å². The van der Waals surface area contributed by atoms with Gasteiger partial charge in [0.15, 0.2) is 11.5 Å². The number of aromatic nitrogens is 1. The van der Waals surface area contributed by atoms with Gasteiger partial charge in [0.2, 0.25) is 0 Å². The highest BCUT2D eigenvalue weighted by Gasteiger charge is 2.14. The molecular formula is C17H15NO2. The average molecular weight is 265 g/mol. The highest BCUT2D eigenvalue weighted by Crippen LogP contribution is 2.31. The lowest BCUT2D eigenvalue weighted by Crippen LogP contribution is -2.13. The third-order valence-corrected chi connectivity index (χ3v) is 3.59. The van der Waals surface area contributed by atoms with Crippen molar-refractivity contribution in [1.29, 1.82) is 0 Å². The molecule has 2 aromatic carbocycles. The zero-order chi connectivity index (χ0) is 13.4. The van der Waals surface area contributed by atoms with Crippen LogP contribution < -0.4 is 9.47 Å². The van der Waals surface area contributed by atoms with Crippen LogP contribution >= 0.6 is 0 Å². The summed E-state index contributed by atoms with van der Waals surface area (Å²) in [5.41, 5.74) is 1.27. The van der Waals surface area contributed by atoms with Gasteiger partial charge in [0.25, 0.3) is 0 Å². The summed E-state index contributed by atoms with van der Waals surface area (Å²) >= 11 is 0. The van der Waals surface area contributed by atoms with Crippen molar-refractivity contribution in [3.8, 4) is 11.5 Å². The van der Waals surface area contributed by atoms with E-state index >= 15 is 0 Å². The van der Waals surface area contributed by atoms with Crippen molar-refractivity contribution >= 4 is 10.8 Å². The fourth-order valence-corrected chi connectivity index (χ4v) is 2.63. The van der Waals surface area contributed by atoms with E-state index in [1.165, 1.54) is 16.3 Å². The topological polar surface area (TPSA) is 23.4 Å². The molecule has 0 bridgehead atoms. The van der Waals surface area contributed by atoms with E-state index in [9.17, 15) is 0 Å². The molecule has 3 nitrogen and oxygen atoms in total. The van der Waals surface area contributed by atoms with Gasteiger partial charge in [-0.05, 0) is 22.4 Å². The number of ether oxygens (including phenoxy) is 2. The summed E-state index contributed by atoms with van der Waals surface area (Å²) in [6.07, 6.45) is 4.01. The lowest BCUT2D eigenvalue weighted by atomic mass is 10.1. The van der Waals surface area contributed by atoms with Gasteiger partial charge in [-0.2, -0.15) is 0 Å². The molecule has 0 radical (unpaired) electrons. The maximum atomic E-state index is 5.57. The second kappa shape index (κ2) is 4.60. The molecule has 0 atom stereocenters. The number of fused-ring (bicyclic) bond motifs is 2. The summed E-state index contributed by atoms with van der Waals surface area (Å²) < 4.78 is 13.2. The van der Waals surface area contributed by atoms with Crippen molar-refractivity contribution in [2.24, 2.45) is 0 Å². The third kappa shape index (κ3) is 2.01. The van der Waals surface area contributed by atoms with Crippen molar-refractivity contribution in [2.45, 2.75) is 6.54 Å². The molecule has 0 unspecified atom stereocenters. The summed E-state index contributed by atoms with van der Waals surface area (Å²) in [7, 11) is 0. The largest absolute Gasteiger partial charge is 0.485 e. The second-order valence-corrected chi connectivity index (χ2v) is 5.04. The van der Waals surface area contributed by atoms with Gasteiger partial charge in [-0.1, -0.05) is 36.4 Å². The molecule has 100 valence electrons. The first-order chi connectivity index (χ1) is 9.88. The Labute approximate surface area is 117 Å². The fourth-order valence-electron chi connectivity index (χ4n) is 2.63. The minimum absolute atomic E-state index is 0.632. The molecule has 4 rings (SSSR count). The van der Waals surface area contributed by atoms with Crippen molar-refractivity contribution in [3.05, 3.63) is 60.4 Å². The molecule has 20 heavy (non-hydrogen) atoms. The molecule has 0 aliphatic carbocycles. The molecule has 0 spiro atoms. The van der Waals surface area contributed by atoms with Gasteiger partial charge in [-0.15, -0.1) is 0 Å². The van der Waals surface area contributed by atoms with Crippen molar-refractivity contribution in [2.75, 3.05) is 13.2 Å². The maximum Gasteiger partial charge on any atom is 0.179 e. The molecule has 3 aromatic rings. The van der Waals surface area contributed by atoms with E-state index in [0.29, 0.717) is 13.2 Å². The number of hydrogen-bond acceptors (Lipinski definition) is 2. The van der Waals surface area contributed by atoms with Crippen molar-refractivity contribution in [3.63, 3.8) is 0 Å². The smallest absolute Gasteiger partial charge is 0.179 e. The van der Waals surface area contributed by atoms with Crippen LogP contribution in [-0.2, 0) is 6.54 Å². The van der Waals surface area contributed by atoms with Gasteiger partial charge in [0.1, 0.15) is 13.2 Å². The Kier molecular flexibility index (Phi) is 2.62. The molecule has 0 fully saturated rings. The number of benzene rings is 2. The average Bonchev–Trinajstić information content (AvgIpc) is 2.89.